The lowest BCUT2D eigenvalue weighted by atomic mass is 9.95. The molecule has 0 radical (unpaired) electrons. The summed E-state index contributed by atoms with van der Waals surface area (Å²) in [4.78, 5) is 12.5. The Morgan fingerprint density at radius 1 is 1.15 bits per heavy atom. The Morgan fingerprint density at radius 3 is 2.80 bits per heavy atom. The summed E-state index contributed by atoms with van der Waals surface area (Å²) < 4.78 is 0. The van der Waals surface area contributed by atoms with Gasteiger partial charge in [-0.15, -0.1) is 0 Å². The van der Waals surface area contributed by atoms with Crippen LogP contribution in [0.2, 0.25) is 0 Å². The van der Waals surface area contributed by atoms with E-state index in [1.165, 1.54) is 0 Å². The number of hydrogen-bond acceptors (Lipinski definition) is 2. The molecule has 0 aromatic heterocycles. The molecule has 0 saturated heterocycles. The first kappa shape index (κ1) is 13.1. The fraction of sp³-hybridized carbons (Fsp3) is 0.353. The molecule has 3 nitrogen and oxygen atoms in total. The van der Waals surface area contributed by atoms with Gasteiger partial charge >= 0.3 is 0 Å². The maximum Gasteiger partial charge on any atom is 0.227 e. The number of amides is 1. The molecule has 0 aliphatic heterocycles. The molecule has 1 amide bonds. The predicted molar refractivity (Wildman–Crippen MR) is 82.5 cm³/mol. The predicted octanol–water partition coefficient (Wildman–Crippen LogP) is 3.15. The normalized spacial score (nSPS) is 22.1. The number of benzene rings is 2. The average molecular weight is 268 g/mol. The zero-order chi connectivity index (χ0) is 13.9. The number of nitrogens with two attached hydrogens (primary N) is 1. The van der Waals surface area contributed by atoms with Gasteiger partial charge in [0.2, 0.25) is 5.91 Å². The molecule has 0 spiro atoms. The van der Waals surface area contributed by atoms with Crippen molar-refractivity contribution in [3.8, 4) is 0 Å². The molecule has 2 atom stereocenters. The van der Waals surface area contributed by atoms with Gasteiger partial charge in [-0.2, -0.15) is 0 Å². The van der Waals surface area contributed by atoms with Gasteiger partial charge in [-0.25, -0.2) is 0 Å². The molecule has 3 N–H and O–H groups in total. The SMILES string of the molecule is NCC1CCCC1C(=O)Nc1cccc2ccccc12. The van der Waals surface area contributed by atoms with Crippen molar-refractivity contribution in [1.29, 1.82) is 0 Å². The minimum absolute atomic E-state index is 0.0685. The number of anilines is 1. The molecule has 1 fully saturated rings. The number of hydrogen-bond donors (Lipinski definition) is 2. The van der Waals surface area contributed by atoms with Crippen molar-refractivity contribution in [1.82, 2.24) is 0 Å². The smallest absolute Gasteiger partial charge is 0.227 e. The summed E-state index contributed by atoms with van der Waals surface area (Å²) in [5, 5.41) is 5.33. The Kier molecular flexibility index (Phi) is 3.70. The summed E-state index contributed by atoms with van der Waals surface area (Å²) in [6.45, 7) is 0.605. The zero-order valence-electron chi connectivity index (χ0n) is 11.5. The standard InChI is InChI=1S/C17H20N2O/c18-11-13-7-3-9-15(13)17(20)19-16-10-4-6-12-5-1-2-8-14(12)16/h1-2,4-6,8,10,13,15H,3,7,9,11,18H2,(H,19,20). The Labute approximate surface area is 119 Å². The number of carbonyl (C=O) groups excluding carboxylic acids is 1. The van der Waals surface area contributed by atoms with Crippen LogP contribution in [0.3, 0.4) is 0 Å². The van der Waals surface area contributed by atoms with Crippen LogP contribution in [0.15, 0.2) is 42.5 Å². The van der Waals surface area contributed by atoms with E-state index >= 15 is 0 Å². The van der Waals surface area contributed by atoms with Gasteiger partial charge in [0.05, 0.1) is 0 Å². The van der Waals surface area contributed by atoms with E-state index in [-0.39, 0.29) is 11.8 Å². The fourth-order valence-corrected chi connectivity index (χ4v) is 3.22. The molecule has 2 unspecified atom stereocenters. The van der Waals surface area contributed by atoms with E-state index in [9.17, 15) is 4.79 Å². The maximum absolute atomic E-state index is 12.5. The van der Waals surface area contributed by atoms with Crippen LogP contribution in [-0.4, -0.2) is 12.5 Å². The number of rotatable bonds is 3. The highest BCUT2D eigenvalue weighted by Gasteiger charge is 2.31. The van der Waals surface area contributed by atoms with Crippen molar-refractivity contribution in [2.75, 3.05) is 11.9 Å². The van der Waals surface area contributed by atoms with Gasteiger partial charge in [0.25, 0.3) is 0 Å². The van der Waals surface area contributed by atoms with Crippen LogP contribution in [0.25, 0.3) is 10.8 Å². The molecule has 1 aliphatic carbocycles. The van der Waals surface area contributed by atoms with Crippen molar-refractivity contribution >= 4 is 22.4 Å². The summed E-state index contributed by atoms with van der Waals surface area (Å²) in [5.41, 5.74) is 6.66. The molecule has 20 heavy (non-hydrogen) atoms. The molecular formula is C17H20N2O. The summed E-state index contributed by atoms with van der Waals surface area (Å²) in [7, 11) is 0. The highest BCUT2D eigenvalue weighted by atomic mass is 16.1. The third kappa shape index (κ3) is 2.41. The van der Waals surface area contributed by atoms with E-state index in [1.807, 2.05) is 30.3 Å². The van der Waals surface area contributed by atoms with E-state index in [0.29, 0.717) is 12.5 Å². The zero-order valence-corrected chi connectivity index (χ0v) is 11.5. The number of nitrogens with one attached hydrogen (secondary N) is 1. The lowest BCUT2D eigenvalue weighted by molar-refractivity contribution is -0.120. The Bertz CT molecular complexity index is 618. The third-order valence-electron chi connectivity index (χ3n) is 4.35. The van der Waals surface area contributed by atoms with Gasteiger partial charge in [0, 0.05) is 17.0 Å². The van der Waals surface area contributed by atoms with Crippen molar-refractivity contribution < 1.29 is 4.79 Å². The van der Waals surface area contributed by atoms with Crippen LogP contribution in [0.1, 0.15) is 19.3 Å². The van der Waals surface area contributed by atoms with E-state index in [1.54, 1.807) is 0 Å². The molecule has 1 saturated carbocycles. The first-order valence-corrected chi connectivity index (χ1v) is 7.28. The summed E-state index contributed by atoms with van der Waals surface area (Å²) in [6.07, 6.45) is 3.14. The van der Waals surface area contributed by atoms with E-state index < -0.39 is 0 Å². The lowest BCUT2D eigenvalue weighted by Crippen LogP contribution is -2.29. The van der Waals surface area contributed by atoms with Crippen LogP contribution in [0, 0.1) is 11.8 Å². The van der Waals surface area contributed by atoms with Crippen LogP contribution in [0.4, 0.5) is 5.69 Å². The summed E-state index contributed by atoms with van der Waals surface area (Å²) in [5.74, 6) is 0.526. The lowest BCUT2D eigenvalue weighted by Gasteiger charge is -2.18. The van der Waals surface area contributed by atoms with E-state index in [4.69, 9.17) is 5.73 Å². The number of fused-ring (bicyclic) bond motifs is 1. The van der Waals surface area contributed by atoms with Crippen LogP contribution in [-0.2, 0) is 4.79 Å². The highest BCUT2D eigenvalue weighted by molar-refractivity contribution is 6.02. The minimum atomic E-state index is 0.0685. The van der Waals surface area contributed by atoms with Crippen molar-refractivity contribution in [3.63, 3.8) is 0 Å². The second-order valence-corrected chi connectivity index (χ2v) is 5.55. The highest BCUT2D eigenvalue weighted by Crippen LogP contribution is 2.32. The largest absolute Gasteiger partial charge is 0.330 e. The maximum atomic E-state index is 12.5. The Hall–Kier alpha value is -1.87. The van der Waals surface area contributed by atoms with Gasteiger partial charge in [0.15, 0.2) is 0 Å². The molecule has 104 valence electrons. The van der Waals surface area contributed by atoms with Gasteiger partial charge in [-0.05, 0) is 36.8 Å². The van der Waals surface area contributed by atoms with Crippen LogP contribution in [0.5, 0.6) is 0 Å². The minimum Gasteiger partial charge on any atom is -0.330 e. The summed E-state index contributed by atoms with van der Waals surface area (Å²) >= 11 is 0. The second kappa shape index (κ2) is 5.63. The van der Waals surface area contributed by atoms with Gasteiger partial charge in [-0.3, -0.25) is 4.79 Å². The van der Waals surface area contributed by atoms with E-state index in [0.717, 1.165) is 35.7 Å². The average Bonchev–Trinajstić information content (AvgIpc) is 2.96. The Balaban J connectivity index is 1.84. The quantitative estimate of drug-likeness (QED) is 0.898. The van der Waals surface area contributed by atoms with Crippen molar-refractivity contribution in [2.24, 2.45) is 17.6 Å². The molecule has 2 aromatic carbocycles. The van der Waals surface area contributed by atoms with Crippen molar-refractivity contribution in [2.45, 2.75) is 19.3 Å². The van der Waals surface area contributed by atoms with E-state index in [2.05, 4.69) is 17.4 Å². The van der Waals surface area contributed by atoms with Gasteiger partial charge < -0.3 is 11.1 Å². The molecule has 0 bridgehead atoms. The molecule has 3 rings (SSSR count). The Morgan fingerprint density at radius 2 is 1.95 bits per heavy atom. The second-order valence-electron chi connectivity index (χ2n) is 5.55. The molecule has 2 aromatic rings. The first-order valence-electron chi connectivity index (χ1n) is 7.28. The van der Waals surface area contributed by atoms with Gasteiger partial charge in [0.1, 0.15) is 0 Å². The van der Waals surface area contributed by atoms with Crippen molar-refractivity contribution in [3.05, 3.63) is 42.5 Å². The molecular weight excluding hydrogens is 248 g/mol. The summed E-state index contributed by atoms with van der Waals surface area (Å²) in [6, 6.07) is 14.1. The van der Waals surface area contributed by atoms with Crippen LogP contribution >= 0.6 is 0 Å². The molecule has 3 heteroatoms. The fourth-order valence-electron chi connectivity index (χ4n) is 3.22. The monoisotopic (exact) mass is 268 g/mol. The van der Waals surface area contributed by atoms with Gasteiger partial charge in [-0.1, -0.05) is 42.8 Å². The first-order chi connectivity index (χ1) is 9.79. The molecule has 1 aliphatic rings. The van der Waals surface area contributed by atoms with Crippen LogP contribution < -0.4 is 11.1 Å². The number of carbonyl (C=O) groups is 1. The molecule has 0 heterocycles. The topological polar surface area (TPSA) is 55.1 Å². The third-order valence-corrected chi connectivity index (χ3v) is 4.35.